The van der Waals surface area contributed by atoms with E-state index in [2.05, 4.69) is 40.0 Å². The van der Waals surface area contributed by atoms with Crippen molar-refractivity contribution in [1.29, 1.82) is 0 Å². The molecule has 10 heteroatoms. The standard InChI is InChI=1S/C2H6O8.2Li.2H/c1-3-5-7-9-10-8-6-4-2;;;;/h1-2H3;;;;. The first-order valence-electron chi connectivity index (χ1n) is 1.98. The topological polar surface area (TPSA) is 73.8 Å². The molecule has 0 radical (unpaired) electrons. The second-order valence-electron chi connectivity index (χ2n) is 0.742. The van der Waals surface area contributed by atoms with Gasteiger partial charge < -0.3 is 0 Å². The zero-order chi connectivity index (χ0) is 7.66. The Bertz CT molecular complexity index is 55.0. The molecule has 8 nitrogen and oxygen atoms in total. The molecule has 0 aromatic heterocycles. The normalized spacial score (nSPS) is 8.50. The van der Waals surface area contributed by atoms with Gasteiger partial charge in [0.05, 0.1) is 14.2 Å². The first kappa shape index (κ1) is 18.6. The monoisotopic (exact) mass is 174 g/mol. The third-order valence-corrected chi connectivity index (χ3v) is 0.275. The third-order valence-electron chi connectivity index (χ3n) is 0.275. The van der Waals surface area contributed by atoms with Gasteiger partial charge in [-0.05, 0) is 30.2 Å². The summed E-state index contributed by atoms with van der Waals surface area (Å²) in [6, 6.07) is 0. The van der Waals surface area contributed by atoms with Crippen molar-refractivity contribution in [3.8, 4) is 0 Å². The maximum atomic E-state index is 3.89. The van der Waals surface area contributed by atoms with Crippen molar-refractivity contribution in [3.05, 3.63) is 0 Å². The zero-order valence-electron chi connectivity index (χ0n) is 5.27. The van der Waals surface area contributed by atoms with Gasteiger partial charge in [-0.3, -0.25) is 0 Å². The molecule has 0 spiro atoms. The molecule has 12 heavy (non-hydrogen) atoms. The summed E-state index contributed by atoms with van der Waals surface area (Å²) in [4.78, 5) is 7.79. The zero-order valence-corrected chi connectivity index (χ0v) is 5.27. The maximum absolute atomic E-state index is 3.89. The molecule has 0 heterocycles. The van der Waals surface area contributed by atoms with Crippen molar-refractivity contribution in [2.75, 3.05) is 14.2 Å². The van der Waals surface area contributed by atoms with Crippen LogP contribution < -0.4 is 0 Å². The van der Waals surface area contributed by atoms with Crippen LogP contribution in [-0.4, -0.2) is 51.9 Å². The van der Waals surface area contributed by atoms with E-state index in [9.17, 15) is 0 Å². The van der Waals surface area contributed by atoms with E-state index in [-0.39, 0.29) is 37.7 Å². The Labute approximate surface area is 92.1 Å². The van der Waals surface area contributed by atoms with Crippen LogP contribution in [0.15, 0.2) is 0 Å². The molecule has 0 aliphatic carbocycles. The number of rotatable bonds is 7. The van der Waals surface area contributed by atoms with E-state index in [0.29, 0.717) is 0 Å². The van der Waals surface area contributed by atoms with Gasteiger partial charge in [0, 0.05) is 0 Å². The average molecular weight is 174 g/mol. The second kappa shape index (κ2) is 17.8. The van der Waals surface area contributed by atoms with Gasteiger partial charge in [0.25, 0.3) is 0 Å². The van der Waals surface area contributed by atoms with Gasteiger partial charge in [-0.2, -0.15) is 0 Å². The van der Waals surface area contributed by atoms with Crippen LogP contribution in [0.1, 0.15) is 0 Å². The van der Waals surface area contributed by atoms with Gasteiger partial charge in [0.1, 0.15) is 0 Å². The van der Waals surface area contributed by atoms with Crippen LogP contribution in [0.2, 0.25) is 0 Å². The molecule has 0 bridgehead atoms. The fourth-order valence-corrected chi connectivity index (χ4v) is 0.101. The van der Waals surface area contributed by atoms with E-state index in [1.807, 2.05) is 0 Å². The molecule has 66 valence electrons. The summed E-state index contributed by atoms with van der Waals surface area (Å²) >= 11 is 0. The molecule has 0 fully saturated rings. The van der Waals surface area contributed by atoms with Gasteiger partial charge in [-0.1, -0.05) is 0 Å². The SMILES string of the molecule is COOOOOOOOC.[LiH].[LiH]. The summed E-state index contributed by atoms with van der Waals surface area (Å²) in [6.07, 6.45) is 0. The number of hydrogen-bond acceptors (Lipinski definition) is 8. The Morgan fingerprint density at radius 1 is 0.500 bits per heavy atom. The van der Waals surface area contributed by atoms with E-state index in [1.165, 1.54) is 14.2 Å². The van der Waals surface area contributed by atoms with Crippen molar-refractivity contribution in [3.63, 3.8) is 0 Å². The molecular weight excluding hydrogens is 166 g/mol. The fraction of sp³-hybridized carbons (Fsp3) is 1.00. The van der Waals surface area contributed by atoms with Crippen LogP contribution in [0, 0.1) is 0 Å². The Balaban J connectivity index is -0.000000405. The Morgan fingerprint density at radius 2 is 0.750 bits per heavy atom. The Kier molecular flexibility index (Phi) is 27.7. The molecule has 0 aromatic carbocycles. The van der Waals surface area contributed by atoms with Crippen molar-refractivity contribution in [2.24, 2.45) is 0 Å². The molecule has 0 aromatic rings. The third kappa shape index (κ3) is 17.1. The van der Waals surface area contributed by atoms with E-state index in [4.69, 9.17) is 0 Å². The van der Waals surface area contributed by atoms with Crippen molar-refractivity contribution in [1.82, 2.24) is 0 Å². The summed E-state index contributed by atoms with van der Waals surface area (Å²) < 4.78 is 0. The van der Waals surface area contributed by atoms with Crippen molar-refractivity contribution in [2.45, 2.75) is 0 Å². The molecular formula is C2H8Li2O8. The van der Waals surface area contributed by atoms with Gasteiger partial charge in [0.2, 0.25) is 0 Å². The van der Waals surface area contributed by atoms with E-state index in [1.54, 1.807) is 0 Å². The van der Waals surface area contributed by atoms with Crippen molar-refractivity contribution >= 4 is 37.7 Å². The van der Waals surface area contributed by atoms with E-state index >= 15 is 0 Å². The molecule has 0 unspecified atom stereocenters. The van der Waals surface area contributed by atoms with Crippen LogP contribution in [0.3, 0.4) is 0 Å². The second-order valence-corrected chi connectivity index (χ2v) is 0.742. The summed E-state index contributed by atoms with van der Waals surface area (Å²) in [7, 11) is 2.38. The minimum atomic E-state index is 0. The summed E-state index contributed by atoms with van der Waals surface area (Å²) in [5, 5.41) is 21.8. The first-order valence-corrected chi connectivity index (χ1v) is 1.98. The molecule has 0 aliphatic rings. The van der Waals surface area contributed by atoms with Crippen LogP contribution in [0.25, 0.3) is 0 Å². The van der Waals surface area contributed by atoms with Crippen LogP contribution in [0.4, 0.5) is 0 Å². The molecule has 0 saturated heterocycles. The summed E-state index contributed by atoms with van der Waals surface area (Å²) in [5.41, 5.74) is 0. The molecule has 0 aliphatic heterocycles. The molecule has 0 rings (SSSR count). The van der Waals surface area contributed by atoms with Crippen LogP contribution >= 0.6 is 0 Å². The Hall–Kier alpha value is 0.875. The van der Waals surface area contributed by atoms with Gasteiger partial charge in [-0.25, -0.2) is 9.78 Å². The quantitative estimate of drug-likeness (QED) is 0.199. The summed E-state index contributed by atoms with van der Waals surface area (Å²) in [6.45, 7) is 0. The average Bonchev–Trinajstić information content (AvgIpc) is 1.97. The Morgan fingerprint density at radius 3 is 1.00 bits per heavy atom. The summed E-state index contributed by atoms with van der Waals surface area (Å²) in [5.74, 6) is 0. The molecule has 0 saturated carbocycles. The van der Waals surface area contributed by atoms with E-state index in [0.717, 1.165) is 0 Å². The van der Waals surface area contributed by atoms with Gasteiger partial charge >= 0.3 is 37.7 Å². The predicted molar refractivity (Wildman–Crippen MR) is 34.8 cm³/mol. The van der Waals surface area contributed by atoms with Crippen LogP contribution in [0.5, 0.6) is 0 Å². The predicted octanol–water partition coefficient (Wildman–Crippen LogP) is -1.51. The molecule has 0 amide bonds. The minimum absolute atomic E-state index is 0. The van der Waals surface area contributed by atoms with Gasteiger partial charge in [-0.15, -0.1) is 0 Å². The molecule has 0 N–H and O–H groups in total. The van der Waals surface area contributed by atoms with E-state index < -0.39 is 0 Å². The molecule has 0 atom stereocenters. The fourth-order valence-electron chi connectivity index (χ4n) is 0.101. The van der Waals surface area contributed by atoms with Crippen molar-refractivity contribution < 1.29 is 40.0 Å². The van der Waals surface area contributed by atoms with Crippen LogP contribution in [-0.2, 0) is 40.0 Å². The van der Waals surface area contributed by atoms with Gasteiger partial charge in [0.15, 0.2) is 0 Å². The number of hydrogen-bond donors (Lipinski definition) is 0. The first-order chi connectivity index (χ1) is 4.91.